The molecule has 3 atom stereocenters. The van der Waals surface area contributed by atoms with Crippen molar-refractivity contribution in [2.45, 2.75) is 89.3 Å². The highest BCUT2D eigenvalue weighted by atomic mass is 16.6. The number of para-hydroxylation sites is 1. The number of nitrogens with two attached hydrogens (primary N) is 1. The number of nitrogens with zero attached hydrogens (tertiary/aromatic N) is 1. The Morgan fingerprint density at radius 2 is 1.67 bits per heavy atom. The maximum absolute atomic E-state index is 14.8. The number of hydrogen-bond acceptors (Lipinski definition) is 6. The van der Waals surface area contributed by atoms with Crippen LogP contribution >= 0.6 is 0 Å². The maximum Gasteiger partial charge on any atom is 0.411 e. The monoisotopic (exact) mass is 665 g/mol. The summed E-state index contributed by atoms with van der Waals surface area (Å²) in [6.45, 7) is 7.28. The van der Waals surface area contributed by atoms with Gasteiger partial charge in [-0.1, -0.05) is 79.9 Å². The van der Waals surface area contributed by atoms with Crippen molar-refractivity contribution in [3.63, 3.8) is 0 Å². The van der Waals surface area contributed by atoms with Crippen molar-refractivity contribution >= 4 is 28.9 Å². The van der Waals surface area contributed by atoms with Crippen LogP contribution in [0.15, 0.2) is 72.8 Å². The number of methoxy groups -OCH3 is 1. The van der Waals surface area contributed by atoms with Crippen LogP contribution in [0.5, 0.6) is 5.75 Å². The van der Waals surface area contributed by atoms with Gasteiger partial charge in [0.1, 0.15) is 28.8 Å². The highest BCUT2D eigenvalue weighted by Crippen LogP contribution is 2.58. The predicted octanol–water partition coefficient (Wildman–Crippen LogP) is 7.61. The highest BCUT2D eigenvalue weighted by Gasteiger charge is 2.63. The van der Waals surface area contributed by atoms with Crippen LogP contribution in [-0.2, 0) is 31.0 Å². The molecule has 49 heavy (non-hydrogen) atoms. The summed E-state index contributed by atoms with van der Waals surface area (Å²) < 4.78 is 18.0. The van der Waals surface area contributed by atoms with E-state index in [4.69, 9.17) is 19.9 Å². The van der Waals surface area contributed by atoms with Crippen LogP contribution in [0.25, 0.3) is 22.0 Å². The van der Waals surface area contributed by atoms with E-state index < -0.39 is 41.1 Å². The minimum Gasteiger partial charge on any atom is -0.496 e. The molecule has 1 aliphatic heterocycles. The molecule has 0 saturated heterocycles. The van der Waals surface area contributed by atoms with Gasteiger partial charge in [-0.15, -0.1) is 0 Å². The van der Waals surface area contributed by atoms with Crippen LogP contribution in [0.3, 0.4) is 0 Å². The van der Waals surface area contributed by atoms with Crippen LogP contribution in [-0.4, -0.2) is 53.2 Å². The number of benzene rings is 3. The molecule has 2 aliphatic rings. The molecule has 0 spiro atoms. The zero-order chi connectivity index (χ0) is 34.9. The zero-order valence-electron chi connectivity index (χ0n) is 29.1. The van der Waals surface area contributed by atoms with Crippen molar-refractivity contribution in [3.05, 3.63) is 89.6 Å². The largest absolute Gasteiger partial charge is 0.496 e. The summed E-state index contributed by atoms with van der Waals surface area (Å²) in [6.07, 6.45) is 3.74. The lowest BCUT2D eigenvalue weighted by Crippen LogP contribution is -2.68. The Kier molecular flexibility index (Phi) is 9.47. The fraction of sp³-hybridized carbons (Fsp3) is 0.425. The van der Waals surface area contributed by atoms with Crippen LogP contribution < -0.4 is 10.5 Å². The first-order chi connectivity index (χ1) is 23.5. The third kappa shape index (κ3) is 6.15. The van der Waals surface area contributed by atoms with Crippen molar-refractivity contribution in [2.75, 3.05) is 13.7 Å². The number of nitrogens with one attached hydrogen (secondary N) is 1. The second-order valence-corrected chi connectivity index (χ2v) is 14.2. The summed E-state index contributed by atoms with van der Waals surface area (Å²) in [5, 5.41) is 0.924. The first-order valence-corrected chi connectivity index (χ1v) is 17.3. The van der Waals surface area contributed by atoms with E-state index >= 15 is 0 Å². The van der Waals surface area contributed by atoms with Gasteiger partial charge in [-0.05, 0) is 75.3 Å². The Bertz CT molecular complexity index is 1840. The second-order valence-electron chi connectivity index (χ2n) is 14.2. The molecular formula is C40H47N3O6. The number of hydrogen-bond donors (Lipinski definition) is 2. The average molecular weight is 666 g/mol. The lowest BCUT2D eigenvalue weighted by molar-refractivity contribution is -0.156. The van der Waals surface area contributed by atoms with E-state index in [0.29, 0.717) is 29.8 Å². The average Bonchev–Trinajstić information content (AvgIpc) is 3.47. The van der Waals surface area contributed by atoms with E-state index in [1.54, 1.807) is 34.8 Å². The van der Waals surface area contributed by atoms with E-state index in [-0.39, 0.29) is 18.9 Å². The van der Waals surface area contributed by atoms with Gasteiger partial charge < -0.3 is 24.9 Å². The molecule has 9 nitrogen and oxygen atoms in total. The summed E-state index contributed by atoms with van der Waals surface area (Å²) in [4.78, 5) is 48.5. The molecule has 6 rings (SSSR count). The first-order valence-electron chi connectivity index (χ1n) is 17.3. The molecule has 1 aliphatic carbocycles. The van der Waals surface area contributed by atoms with Gasteiger partial charge in [0.15, 0.2) is 0 Å². The van der Waals surface area contributed by atoms with Gasteiger partial charge in [0.2, 0.25) is 5.91 Å². The number of aromatic nitrogens is 1. The van der Waals surface area contributed by atoms with E-state index in [9.17, 15) is 14.4 Å². The van der Waals surface area contributed by atoms with E-state index in [0.717, 1.165) is 46.9 Å². The van der Waals surface area contributed by atoms with E-state index in [1.165, 1.54) is 4.90 Å². The van der Waals surface area contributed by atoms with Gasteiger partial charge in [0.05, 0.1) is 13.7 Å². The van der Waals surface area contributed by atoms with Gasteiger partial charge >= 0.3 is 12.1 Å². The summed E-state index contributed by atoms with van der Waals surface area (Å²) in [5.74, 6) is -1.93. The van der Waals surface area contributed by atoms with Crippen LogP contribution in [0.2, 0.25) is 0 Å². The molecule has 0 bridgehead atoms. The first kappa shape index (κ1) is 34.1. The van der Waals surface area contributed by atoms with Crippen molar-refractivity contribution in [1.29, 1.82) is 0 Å². The molecular weight excluding hydrogens is 618 g/mol. The number of rotatable bonds is 8. The van der Waals surface area contributed by atoms with Gasteiger partial charge in [-0.25, -0.2) is 4.79 Å². The smallest absolute Gasteiger partial charge is 0.411 e. The van der Waals surface area contributed by atoms with Gasteiger partial charge in [0, 0.05) is 28.6 Å². The fourth-order valence-corrected chi connectivity index (χ4v) is 8.24. The minimum atomic E-state index is -1.43. The summed E-state index contributed by atoms with van der Waals surface area (Å²) in [5.41, 5.74) is 8.78. The van der Waals surface area contributed by atoms with Crippen LogP contribution in [0.4, 0.5) is 4.79 Å². The molecule has 1 unspecified atom stereocenters. The third-order valence-corrected chi connectivity index (χ3v) is 10.1. The lowest BCUT2D eigenvalue weighted by atomic mass is 9.60. The number of H-pyrrole nitrogens is 1. The number of fused-ring (bicyclic) bond motifs is 3. The molecule has 4 aromatic rings. The molecule has 1 fully saturated rings. The SMILES string of the molecule is CCOC(=O)C(c1ccc(-c2ccccc2)c(OC)c1)[C@]1(C2CCCCC2)c2[nH]c3ccccc3c2C[C@H](C(N)=O)N1C(=O)OC(C)(C)C. The topological polar surface area (TPSA) is 124 Å². The third-order valence-electron chi connectivity index (χ3n) is 10.1. The van der Waals surface area contributed by atoms with E-state index in [1.807, 2.05) is 72.8 Å². The number of carbonyl (C=O) groups is 3. The number of esters is 1. The Morgan fingerprint density at radius 3 is 2.33 bits per heavy atom. The molecule has 2 heterocycles. The molecule has 258 valence electrons. The van der Waals surface area contributed by atoms with Crippen LogP contribution in [0.1, 0.15) is 82.5 Å². The quantitative estimate of drug-likeness (QED) is 0.187. The molecule has 1 aromatic heterocycles. The molecule has 2 amide bonds. The lowest BCUT2D eigenvalue weighted by Gasteiger charge is -2.56. The summed E-state index contributed by atoms with van der Waals surface area (Å²) in [6, 6.07) is 22.4. The number of primary amides is 1. The van der Waals surface area contributed by atoms with Crippen LogP contribution in [0, 0.1) is 5.92 Å². The standard InChI is InChI=1S/C40H47N3O6/c1-6-48-37(45)34(26-21-22-28(33(23-26)47-5)25-15-9-7-10-16-25)40(27-17-11-8-12-18-27)35-30(29-19-13-14-20-31(29)42-35)24-32(36(41)44)43(40)38(46)49-39(2,3)4/h7,9-10,13-16,19-23,27,32,34,42H,6,8,11-12,17-18,24H2,1-5H3,(H2,41,44)/t32-,34?,40-/m1/s1. The summed E-state index contributed by atoms with van der Waals surface area (Å²) >= 11 is 0. The van der Waals surface area contributed by atoms with Gasteiger partial charge in [-0.3, -0.25) is 14.5 Å². The Labute approximate surface area is 288 Å². The van der Waals surface area contributed by atoms with Crippen molar-refractivity contribution < 1.29 is 28.6 Å². The van der Waals surface area contributed by atoms with Crippen molar-refractivity contribution in [2.24, 2.45) is 11.7 Å². The maximum atomic E-state index is 14.8. The Hall–Kier alpha value is -4.79. The normalized spacial score (nSPS) is 20.3. The van der Waals surface area contributed by atoms with Gasteiger partial charge in [0.25, 0.3) is 0 Å². The van der Waals surface area contributed by atoms with E-state index in [2.05, 4.69) is 4.98 Å². The number of amides is 2. The summed E-state index contributed by atoms with van der Waals surface area (Å²) in [7, 11) is 1.61. The second kappa shape index (κ2) is 13.6. The molecule has 0 radical (unpaired) electrons. The predicted molar refractivity (Wildman–Crippen MR) is 189 cm³/mol. The Balaban J connectivity index is 1.73. The van der Waals surface area contributed by atoms with Crippen molar-refractivity contribution in [3.8, 4) is 16.9 Å². The number of aromatic amines is 1. The molecule has 1 saturated carbocycles. The molecule has 3 aromatic carbocycles. The minimum absolute atomic E-state index is 0.126. The van der Waals surface area contributed by atoms with Crippen molar-refractivity contribution in [1.82, 2.24) is 9.88 Å². The number of carbonyl (C=O) groups excluding carboxylic acids is 3. The zero-order valence-corrected chi connectivity index (χ0v) is 29.1. The Morgan fingerprint density at radius 1 is 0.980 bits per heavy atom. The number of ether oxygens (including phenoxy) is 3. The molecule has 9 heteroatoms. The molecule has 3 N–H and O–H groups in total. The highest BCUT2D eigenvalue weighted by molar-refractivity contribution is 5.93. The van der Waals surface area contributed by atoms with Gasteiger partial charge in [-0.2, -0.15) is 0 Å². The fourth-order valence-electron chi connectivity index (χ4n) is 8.24.